The number of carbonyl (C=O) groups is 1. The highest BCUT2D eigenvalue weighted by Crippen LogP contribution is 2.08. The van der Waals surface area contributed by atoms with Gasteiger partial charge in [0.25, 0.3) is 0 Å². The van der Waals surface area contributed by atoms with Crippen LogP contribution in [0.4, 0.5) is 0 Å². The molecule has 5 nitrogen and oxygen atoms in total. The molecule has 0 bridgehead atoms. The third kappa shape index (κ3) is 4.89. The minimum atomic E-state index is -0.412. The third-order valence-corrected chi connectivity index (χ3v) is 4.10. The van der Waals surface area contributed by atoms with Gasteiger partial charge in [-0.2, -0.15) is 0 Å². The molecule has 0 aliphatic rings. The third-order valence-electron chi connectivity index (χ3n) is 3.17. The van der Waals surface area contributed by atoms with Crippen molar-refractivity contribution in [3.05, 3.63) is 57.8 Å². The Kier molecular flexibility index (Phi) is 5.97. The van der Waals surface area contributed by atoms with E-state index in [1.807, 2.05) is 12.1 Å². The number of rotatable bonds is 6. The van der Waals surface area contributed by atoms with Gasteiger partial charge in [-0.15, -0.1) is 11.3 Å². The first kappa shape index (κ1) is 16.0. The number of benzene rings is 1. The highest BCUT2D eigenvalue weighted by molar-refractivity contribution is 7.09. The Morgan fingerprint density at radius 1 is 1.23 bits per heavy atom. The summed E-state index contributed by atoms with van der Waals surface area (Å²) in [5, 5.41) is 8.60. The minimum Gasteiger partial charge on any atom is -0.366 e. The molecule has 1 amide bonds. The Morgan fingerprint density at radius 3 is 2.59 bits per heavy atom. The van der Waals surface area contributed by atoms with Crippen LogP contribution < -0.4 is 16.4 Å². The van der Waals surface area contributed by atoms with E-state index in [9.17, 15) is 4.79 Å². The lowest BCUT2D eigenvalue weighted by Gasteiger charge is -2.11. The van der Waals surface area contributed by atoms with Gasteiger partial charge in [-0.25, -0.2) is 0 Å². The molecule has 0 aliphatic heterocycles. The Labute approximate surface area is 134 Å². The van der Waals surface area contributed by atoms with Gasteiger partial charge in [0.05, 0.1) is 0 Å². The zero-order valence-electron chi connectivity index (χ0n) is 12.5. The van der Waals surface area contributed by atoms with E-state index in [0.29, 0.717) is 12.1 Å². The SMILES string of the molecule is CN=C(NCCc1cccs1)NCc1ccc(C(N)=O)cc1. The van der Waals surface area contributed by atoms with Gasteiger partial charge in [-0.05, 0) is 35.6 Å². The largest absolute Gasteiger partial charge is 0.366 e. The summed E-state index contributed by atoms with van der Waals surface area (Å²) >= 11 is 1.76. The number of guanidine groups is 1. The highest BCUT2D eigenvalue weighted by Gasteiger charge is 2.01. The monoisotopic (exact) mass is 316 g/mol. The van der Waals surface area contributed by atoms with Gasteiger partial charge in [-0.3, -0.25) is 9.79 Å². The molecule has 4 N–H and O–H groups in total. The lowest BCUT2D eigenvalue weighted by molar-refractivity contribution is 0.100. The van der Waals surface area contributed by atoms with Crippen molar-refractivity contribution < 1.29 is 4.79 Å². The summed E-state index contributed by atoms with van der Waals surface area (Å²) in [6.45, 7) is 1.47. The molecule has 22 heavy (non-hydrogen) atoms. The number of nitrogens with zero attached hydrogens (tertiary/aromatic N) is 1. The number of aliphatic imine (C=N–C) groups is 1. The molecule has 2 aromatic rings. The standard InChI is InChI=1S/C16H20N4OS/c1-18-16(19-9-8-14-3-2-10-22-14)20-11-12-4-6-13(7-5-12)15(17)21/h2-7,10H,8-9,11H2,1H3,(H2,17,21)(H2,18,19,20). The number of nitrogens with two attached hydrogens (primary N) is 1. The molecule has 6 heteroatoms. The molecule has 0 unspecified atom stereocenters. The molecule has 0 fully saturated rings. The van der Waals surface area contributed by atoms with E-state index in [2.05, 4.69) is 33.1 Å². The summed E-state index contributed by atoms with van der Waals surface area (Å²) in [5.41, 5.74) is 6.80. The van der Waals surface area contributed by atoms with Crippen molar-refractivity contribution in [2.24, 2.45) is 10.7 Å². The average Bonchev–Trinajstić information content (AvgIpc) is 3.04. The van der Waals surface area contributed by atoms with Crippen LogP contribution in [0.15, 0.2) is 46.8 Å². The Morgan fingerprint density at radius 2 is 2.00 bits per heavy atom. The van der Waals surface area contributed by atoms with E-state index >= 15 is 0 Å². The van der Waals surface area contributed by atoms with E-state index in [4.69, 9.17) is 5.73 Å². The van der Waals surface area contributed by atoms with Crippen molar-refractivity contribution in [1.82, 2.24) is 10.6 Å². The van der Waals surface area contributed by atoms with Gasteiger partial charge >= 0.3 is 0 Å². The van der Waals surface area contributed by atoms with Gasteiger partial charge in [0.15, 0.2) is 5.96 Å². The van der Waals surface area contributed by atoms with Gasteiger partial charge in [0, 0.05) is 30.6 Å². The Balaban J connectivity index is 1.77. The van der Waals surface area contributed by atoms with Crippen molar-refractivity contribution in [3.63, 3.8) is 0 Å². The fourth-order valence-electron chi connectivity index (χ4n) is 1.95. The van der Waals surface area contributed by atoms with Gasteiger partial charge < -0.3 is 16.4 Å². The van der Waals surface area contributed by atoms with Crippen molar-refractivity contribution in [2.45, 2.75) is 13.0 Å². The maximum absolute atomic E-state index is 11.0. The van der Waals surface area contributed by atoms with E-state index in [-0.39, 0.29) is 0 Å². The first-order valence-corrected chi connectivity index (χ1v) is 7.92. The zero-order chi connectivity index (χ0) is 15.8. The van der Waals surface area contributed by atoms with Crippen LogP contribution in [0.1, 0.15) is 20.8 Å². The minimum absolute atomic E-state index is 0.412. The van der Waals surface area contributed by atoms with Crippen molar-refractivity contribution in [2.75, 3.05) is 13.6 Å². The molecule has 1 aromatic heterocycles. The molecular formula is C16H20N4OS. The molecule has 1 heterocycles. The fraction of sp³-hybridized carbons (Fsp3) is 0.250. The van der Waals surface area contributed by atoms with E-state index in [1.165, 1.54) is 4.88 Å². The second kappa shape index (κ2) is 8.19. The number of hydrogen-bond acceptors (Lipinski definition) is 3. The Hall–Kier alpha value is -2.34. The maximum atomic E-state index is 11.0. The lowest BCUT2D eigenvalue weighted by atomic mass is 10.1. The molecule has 2 rings (SSSR count). The molecule has 0 saturated heterocycles. The molecular weight excluding hydrogens is 296 g/mol. The predicted octanol–water partition coefficient (Wildman–Crippen LogP) is 1.75. The molecule has 116 valence electrons. The predicted molar refractivity (Wildman–Crippen MR) is 91.2 cm³/mol. The van der Waals surface area contributed by atoms with Crippen LogP contribution in [0.25, 0.3) is 0 Å². The number of primary amides is 1. The van der Waals surface area contributed by atoms with Gasteiger partial charge in [-0.1, -0.05) is 18.2 Å². The number of carbonyl (C=O) groups excluding carboxylic acids is 1. The van der Waals surface area contributed by atoms with Crippen molar-refractivity contribution in [1.29, 1.82) is 0 Å². The van der Waals surface area contributed by atoms with E-state index < -0.39 is 5.91 Å². The summed E-state index contributed by atoms with van der Waals surface area (Å²) in [4.78, 5) is 16.6. The molecule has 0 spiro atoms. The number of thiophene rings is 1. The average molecular weight is 316 g/mol. The summed E-state index contributed by atoms with van der Waals surface area (Å²) < 4.78 is 0. The summed E-state index contributed by atoms with van der Waals surface area (Å²) in [6.07, 6.45) is 0.978. The molecule has 0 radical (unpaired) electrons. The van der Waals surface area contributed by atoms with E-state index in [0.717, 1.165) is 24.5 Å². The van der Waals surface area contributed by atoms with Crippen LogP contribution in [-0.2, 0) is 13.0 Å². The molecule has 0 aliphatic carbocycles. The van der Waals surface area contributed by atoms with Crippen LogP contribution in [0.3, 0.4) is 0 Å². The smallest absolute Gasteiger partial charge is 0.248 e. The zero-order valence-corrected chi connectivity index (χ0v) is 13.3. The Bertz CT molecular complexity index is 620. The first-order chi connectivity index (χ1) is 10.7. The summed E-state index contributed by atoms with van der Waals surface area (Å²) in [5.74, 6) is 0.348. The van der Waals surface area contributed by atoms with Crippen LogP contribution in [0.2, 0.25) is 0 Å². The first-order valence-electron chi connectivity index (χ1n) is 7.04. The molecule has 0 atom stereocenters. The van der Waals surface area contributed by atoms with Crippen LogP contribution in [0.5, 0.6) is 0 Å². The van der Waals surface area contributed by atoms with Crippen molar-refractivity contribution in [3.8, 4) is 0 Å². The van der Waals surface area contributed by atoms with Crippen molar-refractivity contribution >= 4 is 23.2 Å². The lowest BCUT2D eigenvalue weighted by Crippen LogP contribution is -2.37. The van der Waals surface area contributed by atoms with Crippen LogP contribution in [0, 0.1) is 0 Å². The number of nitrogens with one attached hydrogen (secondary N) is 2. The second-order valence-corrected chi connectivity index (χ2v) is 5.78. The molecule has 1 aromatic carbocycles. The van der Waals surface area contributed by atoms with Gasteiger partial charge in [0.2, 0.25) is 5.91 Å². The topological polar surface area (TPSA) is 79.5 Å². The summed E-state index contributed by atoms with van der Waals surface area (Å²) in [6, 6.07) is 11.4. The quantitative estimate of drug-likeness (QED) is 0.561. The normalized spacial score (nSPS) is 11.2. The van der Waals surface area contributed by atoms with E-state index in [1.54, 1.807) is 30.5 Å². The number of hydrogen-bond donors (Lipinski definition) is 3. The summed E-state index contributed by atoms with van der Waals surface area (Å²) in [7, 11) is 1.75. The van der Waals surface area contributed by atoms with Gasteiger partial charge in [0.1, 0.15) is 0 Å². The molecule has 0 saturated carbocycles. The van der Waals surface area contributed by atoms with Crippen LogP contribution in [-0.4, -0.2) is 25.5 Å². The van der Waals surface area contributed by atoms with Crippen LogP contribution >= 0.6 is 11.3 Å². The second-order valence-electron chi connectivity index (χ2n) is 4.74. The highest BCUT2D eigenvalue weighted by atomic mass is 32.1. The number of amides is 1. The fourth-order valence-corrected chi connectivity index (χ4v) is 2.66. The maximum Gasteiger partial charge on any atom is 0.248 e.